The Kier molecular flexibility index (Phi) is 7.13. The molecule has 2 fully saturated rings. The minimum Gasteiger partial charge on any atom is -0.378 e. The number of sulfonamides is 1. The number of nitrogens with one attached hydrogen (secondary N) is 1. The van der Waals surface area contributed by atoms with Crippen LogP contribution in [0.3, 0.4) is 0 Å². The topological polar surface area (TPSA) is 58.6 Å². The molecule has 146 valence electrons. The van der Waals surface area contributed by atoms with Crippen LogP contribution >= 0.6 is 15.9 Å². The Bertz CT molecular complexity index is 667. The van der Waals surface area contributed by atoms with Gasteiger partial charge < -0.3 is 10.1 Å². The molecule has 1 unspecified atom stereocenters. The highest BCUT2D eigenvalue weighted by Crippen LogP contribution is 2.28. The highest BCUT2D eigenvalue weighted by atomic mass is 79.9. The fourth-order valence-electron chi connectivity index (χ4n) is 3.92. The Morgan fingerprint density at radius 2 is 1.85 bits per heavy atom. The van der Waals surface area contributed by atoms with E-state index < -0.39 is 10.0 Å². The van der Waals surface area contributed by atoms with Crippen molar-refractivity contribution >= 4 is 26.0 Å². The van der Waals surface area contributed by atoms with E-state index in [1.165, 1.54) is 12.8 Å². The Morgan fingerprint density at radius 1 is 1.15 bits per heavy atom. The van der Waals surface area contributed by atoms with Crippen molar-refractivity contribution in [3.8, 4) is 0 Å². The van der Waals surface area contributed by atoms with Crippen LogP contribution in [0.15, 0.2) is 33.6 Å². The van der Waals surface area contributed by atoms with Gasteiger partial charge in [-0.25, -0.2) is 8.42 Å². The number of rotatable bonds is 7. The zero-order valence-corrected chi connectivity index (χ0v) is 17.8. The fourth-order valence-corrected chi connectivity index (χ4v) is 5.60. The van der Waals surface area contributed by atoms with Gasteiger partial charge in [0.2, 0.25) is 10.0 Å². The molecule has 26 heavy (non-hydrogen) atoms. The summed E-state index contributed by atoms with van der Waals surface area (Å²) in [4.78, 5) is 0.352. The number of nitrogens with zero attached hydrogens (tertiary/aromatic N) is 1. The smallest absolute Gasteiger partial charge is 0.243 e. The Hall–Kier alpha value is -0.470. The molecule has 1 N–H and O–H groups in total. The Labute approximate surface area is 165 Å². The van der Waals surface area contributed by atoms with Crippen LogP contribution in [0, 0.1) is 0 Å². The average molecular weight is 445 g/mol. The lowest BCUT2D eigenvalue weighted by Gasteiger charge is -2.34. The normalized spacial score (nSPS) is 27.1. The van der Waals surface area contributed by atoms with Gasteiger partial charge in [0.25, 0.3) is 0 Å². The molecule has 1 heterocycles. The van der Waals surface area contributed by atoms with Gasteiger partial charge in [-0.05, 0) is 75.8 Å². The minimum atomic E-state index is -3.44. The molecular formula is C19H29BrN2O3S. The largest absolute Gasteiger partial charge is 0.378 e. The van der Waals surface area contributed by atoms with Gasteiger partial charge in [0.05, 0.1) is 11.0 Å². The quantitative estimate of drug-likeness (QED) is 0.698. The van der Waals surface area contributed by atoms with Gasteiger partial charge in [-0.3, -0.25) is 0 Å². The van der Waals surface area contributed by atoms with E-state index in [4.69, 9.17) is 4.74 Å². The van der Waals surface area contributed by atoms with Crippen molar-refractivity contribution in [2.75, 3.05) is 20.2 Å². The molecule has 1 aliphatic heterocycles. The molecule has 7 heteroatoms. The second kappa shape index (κ2) is 9.15. The lowest BCUT2D eigenvalue weighted by atomic mass is 9.93. The number of halogens is 1. The molecule has 0 aromatic heterocycles. The van der Waals surface area contributed by atoms with Gasteiger partial charge in [-0.15, -0.1) is 0 Å². The van der Waals surface area contributed by atoms with E-state index in [2.05, 4.69) is 21.2 Å². The van der Waals surface area contributed by atoms with Crippen LogP contribution < -0.4 is 5.32 Å². The standard InChI is InChI=1S/C19H29BrN2O3S/c1-22(26(23,24)19-10-4-15(20)5-11-19)17-6-8-18(9-7-17)25-14-12-16-3-2-13-21-16/h4-5,10-11,16-18,21H,2-3,6-9,12-14H2,1H3. The van der Waals surface area contributed by atoms with Crippen LogP contribution in [0.1, 0.15) is 44.9 Å². The van der Waals surface area contributed by atoms with Crippen molar-refractivity contribution in [1.82, 2.24) is 9.62 Å². The summed E-state index contributed by atoms with van der Waals surface area (Å²) in [6, 6.07) is 7.52. The molecule has 3 rings (SSSR count). The van der Waals surface area contributed by atoms with Crippen LogP contribution in [0.4, 0.5) is 0 Å². The number of hydrogen-bond acceptors (Lipinski definition) is 4. The number of ether oxygens (including phenoxy) is 1. The van der Waals surface area contributed by atoms with Crippen molar-refractivity contribution in [3.05, 3.63) is 28.7 Å². The third kappa shape index (κ3) is 5.07. The molecule has 1 aromatic rings. The van der Waals surface area contributed by atoms with Gasteiger partial charge in [0.15, 0.2) is 0 Å². The van der Waals surface area contributed by atoms with Crippen molar-refractivity contribution in [2.24, 2.45) is 0 Å². The molecule has 0 radical (unpaired) electrons. The van der Waals surface area contributed by atoms with Crippen molar-refractivity contribution < 1.29 is 13.2 Å². The van der Waals surface area contributed by atoms with Crippen molar-refractivity contribution in [1.29, 1.82) is 0 Å². The van der Waals surface area contributed by atoms with E-state index in [1.807, 2.05) is 0 Å². The number of hydrogen-bond donors (Lipinski definition) is 1. The van der Waals surface area contributed by atoms with E-state index in [0.717, 1.165) is 49.7 Å². The second-order valence-electron chi connectivity index (χ2n) is 7.36. The maximum Gasteiger partial charge on any atom is 0.243 e. The first kappa shape index (κ1) is 20.3. The highest BCUT2D eigenvalue weighted by molar-refractivity contribution is 9.10. The maximum absolute atomic E-state index is 12.8. The lowest BCUT2D eigenvalue weighted by Crippen LogP contribution is -2.40. The predicted octanol–water partition coefficient (Wildman–Crippen LogP) is 3.54. The summed E-state index contributed by atoms with van der Waals surface area (Å²) >= 11 is 3.35. The fraction of sp³-hybridized carbons (Fsp3) is 0.684. The first-order chi connectivity index (χ1) is 12.5. The molecule has 1 saturated carbocycles. The summed E-state index contributed by atoms with van der Waals surface area (Å²) in [5.74, 6) is 0. The van der Waals surface area contributed by atoms with Crippen LogP contribution in [-0.4, -0.2) is 51.1 Å². The van der Waals surface area contributed by atoms with Gasteiger partial charge in [-0.2, -0.15) is 4.31 Å². The van der Waals surface area contributed by atoms with Gasteiger partial charge in [0.1, 0.15) is 0 Å². The minimum absolute atomic E-state index is 0.0556. The summed E-state index contributed by atoms with van der Waals surface area (Å²) in [5.41, 5.74) is 0. The summed E-state index contributed by atoms with van der Waals surface area (Å²) in [7, 11) is -1.73. The monoisotopic (exact) mass is 444 g/mol. The molecular weight excluding hydrogens is 416 g/mol. The average Bonchev–Trinajstić information content (AvgIpc) is 3.15. The van der Waals surface area contributed by atoms with Crippen molar-refractivity contribution in [2.45, 2.75) is 68.0 Å². The third-order valence-corrected chi connectivity index (χ3v) is 8.08. The molecule has 5 nitrogen and oxygen atoms in total. The molecule has 0 spiro atoms. The zero-order valence-electron chi connectivity index (χ0n) is 15.4. The maximum atomic E-state index is 12.8. The second-order valence-corrected chi connectivity index (χ2v) is 10.3. The number of benzene rings is 1. The van der Waals surface area contributed by atoms with E-state index >= 15 is 0 Å². The van der Waals surface area contributed by atoms with E-state index in [1.54, 1.807) is 35.6 Å². The van der Waals surface area contributed by atoms with Crippen molar-refractivity contribution in [3.63, 3.8) is 0 Å². The highest BCUT2D eigenvalue weighted by Gasteiger charge is 2.31. The predicted molar refractivity (Wildman–Crippen MR) is 107 cm³/mol. The molecule has 1 atom stereocenters. The van der Waals surface area contributed by atoms with Crippen LogP contribution in [0.5, 0.6) is 0 Å². The summed E-state index contributed by atoms with van der Waals surface area (Å²) in [6.45, 7) is 1.94. The summed E-state index contributed by atoms with van der Waals surface area (Å²) in [6.07, 6.45) is 7.47. The Morgan fingerprint density at radius 3 is 2.46 bits per heavy atom. The molecule has 0 bridgehead atoms. The Balaban J connectivity index is 1.46. The van der Waals surface area contributed by atoms with Crippen LogP contribution in [0.2, 0.25) is 0 Å². The van der Waals surface area contributed by atoms with E-state index in [9.17, 15) is 8.42 Å². The molecule has 1 saturated heterocycles. The van der Waals surface area contributed by atoms with Gasteiger partial charge in [-0.1, -0.05) is 15.9 Å². The van der Waals surface area contributed by atoms with Gasteiger partial charge >= 0.3 is 0 Å². The first-order valence-electron chi connectivity index (χ1n) is 9.55. The zero-order chi connectivity index (χ0) is 18.6. The van der Waals surface area contributed by atoms with E-state index in [-0.39, 0.29) is 12.1 Å². The van der Waals surface area contributed by atoms with Crippen LogP contribution in [0.25, 0.3) is 0 Å². The SMILES string of the molecule is CN(C1CCC(OCCC2CCCN2)CC1)S(=O)(=O)c1ccc(Br)cc1. The van der Waals surface area contributed by atoms with Gasteiger partial charge in [0, 0.05) is 30.2 Å². The molecule has 0 amide bonds. The first-order valence-corrected chi connectivity index (χ1v) is 11.8. The summed E-state index contributed by atoms with van der Waals surface area (Å²) in [5, 5.41) is 3.50. The van der Waals surface area contributed by atoms with E-state index in [0.29, 0.717) is 10.9 Å². The summed E-state index contributed by atoms with van der Waals surface area (Å²) < 4.78 is 34.1. The molecule has 1 aliphatic carbocycles. The molecule has 1 aromatic carbocycles. The van der Waals surface area contributed by atoms with Crippen LogP contribution in [-0.2, 0) is 14.8 Å². The third-order valence-electron chi connectivity index (χ3n) is 5.63. The molecule has 2 aliphatic rings. The lowest BCUT2D eigenvalue weighted by molar-refractivity contribution is 0.0138.